The summed E-state index contributed by atoms with van der Waals surface area (Å²) in [6.07, 6.45) is 2.58. The van der Waals surface area contributed by atoms with Gasteiger partial charge in [0.15, 0.2) is 0 Å². The van der Waals surface area contributed by atoms with Crippen molar-refractivity contribution in [1.29, 1.82) is 0 Å². The van der Waals surface area contributed by atoms with E-state index in [2.05, 4.69) is 47.2 Å². The van der Waals surface area contributed by atoms with Gasteiger partial charge in [0.25, 0.3) is 5.91 Å². The van der Waals surface area contributed by atoms with Gasteiger partial charge in [-0.1, -0.05) is 18.2 Å². The third-order valence-corrected chi connectivity index (χ3v) is 6.63. The van der Waals surface area contributed by atoms with E-state index in [1.165, 1.54) is 22.2 Å². The number of aryl methyl sites for hydroxylation is 2. The molecule has 0 radical (unpaired) electrons. The lowest BCUT2D eigenvalue weighted by molar-refractivity contribution is -0.127. The van der Waals surface area contributed by atoms with E-state index in [-0.39, 0.29) is 17.9 Å². The second kappa shape index (κ2) is 9.16. The molecule has 0 aliphatic carbocycles. The van der Waals surface area contributed by atoms with Crippen molar-refractivity contribution in [2.75, 3.05) is 33.2 Å². The van der Waals surface area contributed by atoms with Crippen LogP contribution in [0, 0.1) is 6.92 Å². The molecule has 2 amide bonds. The highest BCUT2D eigenvalue weighted by Crippen LogP contribution is 2.24. The maximum Gasteiger partial charge on any atom is 0.274 e. The molecule has 3 aromatic rings. The summed E-state index contributed by atoms with van der Waals surface area (Å²) in [5.41, 5.74) is 4.13. The molecule has 0 saturated carbocycles. The highest BCUT2D eigenvalue weighted by molar-refractivity contribution is 5.93. The van der Waals surface area contributed by atoms with Gasteiger partial charge in [-0.15, -0.1) is 0 Å². The number of carbonyl (C=O) groups is 2. The largest absolute Gasteiger partial charge is 0.354 e. The van der Waals surface area contributed by atoms with Crippen LogP contribution in [0.25, 0.3) is 10.9 Å². The summed E-state index contributed by atoms with van der Waals surface area (Å²) in [5, 5.41) is 8.65. The number of carbonyl (C=O) groups excluding carboxylic acids is 2. The van der Waals surface area contributed by atoms with E-state index in [1.54, 1.807) is 15.6 Å². The van der Waals surface area contributed by atoms with Crippen LogP contribution in [0.4, 0.5) is 0 Å². The van der Waals surface area contributed by atoms with Crippen LogP contribution in [0.3, 0.4) is 0 Å². The zero-order valence-electron chi connectivity index (χ0n) is 19.3. The van der Waals surface area contributed by atoms with Gasteiger partial charge in [-0.3, -0.25) is 19.2 Å². The minimum absolute atomic E-state index is 0.0398. The molecule has 3 heterocycles. The summed E-state index contributed by atoms with van der Waals surface area (Å²) >= 11 is 0. The van der Waals surface area contributed by atoms with Crippen molar-refractivity contribution in [2.45, 2.75) is 32.9 Å². The fourth-order valence-electron chi connectivity index (χ4n) is 4.50. The van der Waals surface area contributed by atoms with Crippen molar-refractivity contribution in [3.05, 3.63) is 53.5 Å². The van der Waals surface area contributed by atoms with Crippen molar-refractivity contribution >= 4 is 22.7 Å². The molecule has 1 saturated heterocycles. The standard InChI is InChI=1S/C24H32N6O2/c1-5-30-13-11-20(26-30)24(32)29-15-14-27(3)22(16-29)23(31)25-12-10-18-17(2)28(4)21-9-7-6-8-19(18)21/h6-9,11,13,22H,5,10,12,14-16H2,1-4H3,(H,25,31)/t22-/m0/s1. The number of nitrogens with one attached hydrogen (secondary N) is 1. The van der Waals surface area contributed by atoms with Crippen LogP contribution in [-0.4, -0.2) is 75.2 Å². The molecule has 2 aromatic heterocycles. The lowest BCUT2D eigenvalue weighted by Gasteiger charge is -2.38. The molecule has 32 heavy (non-hydrogen) atoms. The number of likely N-dealkylation sites (N-methyl/N-ethyl adjacent to an activating group) is 1. The molecule has 1 aromatic carbocycles. The number of para-hydroxylation sites is 1. The van der Waals surface area contributed by atoms with Crippen LogP contribution in [0.2, 0.25) is 0 Å². The van der Waals surface area contributed by atoms with Crippen molar-refractivity contribution in [3.63, 3.8) is 0 Å². The van der Waals surface area contributed by atoms with Crippen molar-refractivity contribution < 1.29 is 9.59 Å². The number of hydrogen-bond acceptors (Lipinski definition) is 4. The van der Waals surface area contributed by atoms with Crippen LogP contribution in [-0.2, 0) is 24.8 Å². The summed E-state index contributed by atoms with van der Waals surface area (Å²) in [6, 6.07) is 9.73. The van der Waals surface area contributed by atoms with Crippen molar-refractivity contribution in [3.8, 4) is 0 Å². The highest BCUT2D eigenvalue weighted by atomic mass is 16.2. The Morgan fingerprint density at radius 1 is 1.16 bits per heavy atom. The smallest absolute Gasteiger partial charge is 0.274 e. The normalized spacial score (nSPS) is 17.1. The SMILES string of the molecule is CCn1ccc(C(=O)N2CCN(C)[C@H](C(=O)NCCc3c(C)n(C)c4ccccc34)C2)n1. The Labute approximate surface area is 188 Å². The van der Waals surface area contributed by atoms with Crippen LogP contribution >= 0.6 is 0 Å². The molecule has 1 aliphatic heterocycles. The van der Waals surface area contributed by atoms with E-state index in [0.29, 0.717) is 31.9 Å². The van der Waals surface area contributed by atoms with E-state index in [4.69, 9.17) is 0 Å². The van der Waals surface area contributed by atoms with Gasteiger partial charge >= 0.3 is 0 Å². The highest BCUT2D eigenvalue weighted by Gasteiger charge is 2.33. The molecule has 1 atom stereocenters. The molecule has 0 bridgehead atoms. The summed E-state index contributed by atoms with van der Waals surface area (Å²) < 4.78 is 3.94. The minimum Gasteiger partial charge on any atom is -0.354 e. The predicted molar refractivity (Wildman–Crippen MR) is 125 cm³/mol. The maximum absolute atomic E-state index is 13.0. The lowest BCUT2D eigenvalue weighted by atomic mass is 10.1. The minimum atomic E-state index is -0.366. The van der Waals surface area contributed by atoms with Crippen LogP contribution in [0.5, 0.6) is 0 Å². The first kappa shape index (κ1) is 22.1. The molecule has 4 rings (SSSR count). The number of amides is 2. The Bertz CT molecular complexity index is 1130. The Hall–Kier alpha value is -3.13. The lowest BCUT2D eigenvalue weighted by Crippen LogP contribution is -2.58. The van der Waals surface area contributed by atoms with Gasteiger partial charge in [0.2, 0.25) is 5.91 Å². The molecule has 0 unspecified atom stereocenters. The van der Waals surface area contributed by atoms with Gasteiger partial charge in [-0.25, -0.2) is 0 Å². The second-order valence-corrected chi connectivity index (χ2v) is 8.49. The Morgan fingerprint density at radius 3 is 2.69 bits per heavy atom. The molecular weight excluding hydrogens is 404 g/mol. The van der Waals surface area contributed by atoms with Gasteiger partial charge in [0.05, 0.1) is 0 Å². The average molecular weight is 437 g/mol. The third kappa shape index (κ3) is 4.14. The molecule has 1 N–H and O–H groups in total. The second-order valence-electron chi connectivity index (χ2n) is 8.49. The maximum atomic E-state index is 13.0. The average Bonchev–Trinajstić information content (AvgIpc) is 3.38. The number of aromatic nitrogens is 3. The summed E-state index contributed by atoms with van der Waals surface area (Å²) in [7, 11) is 4.01. The van der Waals surface area contributed by atoms with E-state index < -0.39 is 0 Å². The number of rotatable bonds is 6. The first-order valence-corrected chi connectivity index (χ1v) is 11.2. The quantitative estimate of drug-likeness (QED) is 0.640. The zero-order chi connectivity index (χ0) is 22.8. The van der Waals surface area contributed by atoms with Gasteiger partial charge in [0, 0.05) is 62.6 Å². The van der Waals surface area contributed by atoms with Crippen LogP contribution in [0.15, 0.2) is 36.5 Å². The van der Waals surface area contributed by atoms with Gasteiger partial charge in [-0.2, -0.15) is 5.10 Å². The molecular formula is C24H32N6O2. The number of hydrogen-bond donors (Lipinski definition) is 1. The summed E-state index contributed by atoms with van der Waals surface area (Å²) in [6.45, 7) is 7.00. The first-order valence-electron chi connectivity index (χ1n) is 11.2. The molecule has 170 valence electrons. The molecule has 0 spiro atoms. The van der Waals surface area contributed by atoms with Gasteiger partial charge in [-0.05, 0) is 45.0 Å². The van der Waals surface area contributed by atoms with Crippen molar-refractivity contribution in [1.82, 2.24) is 29.5 Å². The molecule has 8 nitrogen and oxygen atoms in total. The van der Waals surface area contributed by atoms with Crippen molar-refractivity contribution in [2.24, 2.45) is 7.05 Å². The number of nitrogens with zero attached hydrogens (tertiary/aromatic N) is 5. The summed E-state index contributed by atoms with van der Waals surface area (Å²) in [5.74, 6) is -0.156. The van der Waals surface area contributed by atoms with Crippen LogP contribution in [0.1, 0.15) is 28.7 Å². The fourth-order valence-corrected chi connectivity index (χ4v) is 4.50. The molecule has 1 fully saturated rings. The van der Waals surface area contributed by atoms with E-state index in [1.807, 2.05) is 31.1 Å². The Kier molecular flexibility index (Phi) is 6.32. The summed E-state index contributed by atoms with van der Waals surface area (Å²) in [4.78, 5) is 29.6. The molecule has 1 aliphatic rings. The first-order chi connectivity index (χ1) is 15.4. The fraction of sp³-hybridized carbons (Fsp3) is 0.458. The Morgan fingerprint density at radius 2 is 1.94 bits per heavy atom. The van der Waals surface area contributed by atoms with Crippen LogP contribution < -0.4 is 5.32 Å². The van der Waals surface area contributed by atoms with E-state index in [0.717, 1.165) is 13.0 Å². The zero-order valence-corrected chi connectivity index (χ0v) is 19.3. The Balaban J connectivity index is 1.38. The van der Waals surface area contributed by atoms with E-state index in [9.17, 15) is 9.59 Å². The molecule has 8 heteroatoms. The monoisotopic (exact) mass is 436 g/mol. The van der Waals surface area contributed by atoms with Gasteiger partial charge < -0.3 is 14.8 Å². The number of piperazine rings is 1. The van der Waals surface area contributed by atoms with Gasteiger partial charge in [0.1, 0.15) is 11.7 Å². The number of benzene rings is 1. The third-order valence-electron chi connectivity index (χ3n) is 6.63. The predicted octanol–water partition coefficient (Wildman–Crippen LogP) is 1.82. The van der Waals surface area contributed by atoms with E-state index >= 15 is 0 Å². The topological polar surface area (TPSA) is 75.4 Å². The number of fused-ring (bicyclic) bond motifs is 1.